The van der Waals surface area contributed by atoms with Crippen molar-refractivity contribution in [3.8, 4) is 6.07 Å². The minimum absolute atomic E-state index is 0.0957. The van der Waals surface area contributed by atoms with Gasteiger partial charge in [-0.05, 0) is 26.0 Å². The SMILES string of the molecule is CCOC(=O)/C(C#N)=C(\C)Nc1cccc(C(=O)c2ccccc2)c1. The molecule has 0 aliphatic carbocycles. The summed E-state index contributed by atoms with van der Waals surface area (Å²) < 4.78 is 4.86. The Morgan fingerprint density at radius 2 is 1.76 bits per heavy atom. The molecule has 0 aromatic heterocycles. The molecule has 0 radical (unpaired) electrons. The summed E-state index contributed by atoms with van der Waals surface area (Å²) >= 11 is 0. The minimum atomic E-state index is -0.675. The number of carbonyl (C=O) groups excluding carboxylic acids is 2. The third-order valence-corrected chi connectivity index (χ3v) is 3.46. The van der Waals surface area contributed by atoms with Gasteiger partial charge in [-0.2, -0.15) is 5.26 Å². The molecule has 0 bridgehead atoms. The number of anilines is 1. The summed E-state index contributed by atoms with van der Waals surface area (Å²) in [5.74, 6) is -0.775. The Kier molecular flexibility index (Phi) is 6.08. The van der Waals surface area contributed by atoms with Crippen molar-refractivity contribution < 1.29 is 14.3 Å². The number of hydrogen-bond donors (Lipinski definition) is 1. The summed E-state index contributed by atoms with van der Waals surface area (Å²) in [6.45, 7) is 3.48. The monoisotopic (exact) mass is 334 g/mol. The Labute approximate surface area is 146 Å². The topological polar surface area (TPSA) is 79.2 Å². The quantitative estimate of drug-likeness (QED) is 0.377. The van der Waals surface area contributed by atoms with Gasteiger partial charge in [0.2, 0.25) is 0 Å². The lowest BCUT2D eigenvalue weighted by atomic mass is 10.0. The Hall–Kier alpha value is -3.39. The van der Waals surface area contributed by atoms with Gasteiger partial charge in [-0.25, -0.2) is 4.79 Å². The summed E-state index contributed by atoms with van der Waals surface area (Å²) in [4.78, 5) is 24.3. The molecule has 0 amide bonds. The highest BCUT2D eigenvalue weighted by Crippen LogP contribution is 2.18. The maximum Gasteiger partial charge on any atom is 0.350 e. The van der Waals surface area contributed by atoms with Crippen LogP contribution in [0.5, 0.6) is 0 Å². The van der Waals surface area contributed by atoms with Crippen LogP contribution in [-0.2, 0) is 9.53 Å². The zero-order valence-electron chi connectivity index (χ0n) is 14.1. The van der Waals surface area contributed by atoms with Gasteiger partial charge >= 0.3 is 5.97 Å². The summed E-state index contributed by atoms with van der Waals surface area (Å²) in [7, 11) is 0. The number of rotatable bonds is 6. The summed E-state index contributed by atoms with van der Waals surface area (Å²) in [6, 6.07) is 17.7. The predicted molar refractivity (Wildman–Crippen MR) is 94.9 cm³/mol. The lowest BCUT2D eigenvalue weighted by molar-refractivity contribution is -0.138. The van der Waals surface area contributed by atoms with Gasteiger partial charge < -0.3 is 10.1 Å². The predicted octanol–water partition coefficient (Wildman–Crippen LogP) is 3.69. The zero-order chi connectivity index (χ0) is 18.2. The second kappa shape index (κ2) is 8.46. The molecule has 2 aromatic carbocycles. The van der Waals surface area contributed by atoms with E-state index in [1.54, 1.807) is 62.4 Å². The largest absolute Gasteiger partial charge is 0.462 e. The van der Waals surface area contributed by atoms with E-state index in [1.165, 1.54) is 0 Å². The fourth-order valence-electron chi connectivity index (χ4n) is 2.26. The van der Waals surface area contributed by atoms with E-state index in [9.17, 15) is 9.59 Å². The van der Waals surface area contributed by atoms with Gasteiger partial charge in [-0.1, -0.05) is 42.5 Å². The standard InChI is InChI=1S/C20H18N2O3/c1-3-25-20(24)18(13-21)14(2)22-17-11-7-10-16(12-17)19(23)15-8-5-4-6-9-15/h4-12,22H,3H2,1-2H3/b18-14+. The van der Waals surface area contributed by atoms with Crippen molar-refractivity contribution in [2.45, 2.75) is 13.8 Å². The summed E-state index contributed by atoms with van der Waals surface area (Å²) in [5, 5.41) is 12.1. The number of benzene rings is 2. The molecule has 2 aromatic rings. The Morgan fingerprint density at radius 1 is 1.08 bits per heavy atom. The average molecular weight is 334 g/mol. The highest BCUT2D eigenvalue weighted by molar-refractivity contribution is 6.09. The molecule has 0 heterocycles. The zero-order valence-corrected chi connectivity index (χ0v) is 14.1. The van der Waals surface area contributed by atoms with Gasteiger partial charge in [-0.15, -0.1) is 0 Å². The van der Waals surface area contributed by atoms with Crippen LogP contribution >= 0.6 is 0 Å². The smallest absolute Gasteiger partial charge is 0.350 e. The van der Waals surface area contributed by atoms with Gasteiger partial charge in [0.15, 0.2) is 11.4 Å². The van der Waals surface area contributed by atoms with Crippen LogP contribution in [0.3, 0.4) is 0 Å². The Balaban J connectivity index is 2.26. The maximum atomic E-state index is 12.5. The number of nitrogens with zero attached hydrogens (tertiary/aromatic N) is 1. The highest BCUT2D eigenvalue weighted by atomic mass is 16.5. The first kappa shape index (κ1) is 18.0. The molecule has 0 unspecified atom stereocenters. The van der Waals surface area contributed by atoms with E-state index in [4.69, 9.17) is 10.00 Å². The lowest BCUT2D eigenvalue weighted by Gasteiger charge is -2.10. The van der Waals surface area contributed by atoms with E-state index in [0.717, 1.165) is 0 Å². The van der Waals surface area contributed by atoms with E-state index < -0.39 is 5.97 Å². The van der Waals surface area contributed by atoms with Gasteiger partial charge in [0.25, 0.3) is 0 Å². The van der Waals surface area contributed by atoms with Crippen LogP contribution in [0.1, 0.15) is 29.8 Å². The molecule has 5 nitrogen and oxygen atoms in total. The van der Waals surface area contributed by atoms with Crippen molar-refractivity contribution in [1.82, 2.24) is 0 Å². The van der Waals surface area contributed by atoms with Crippen molar-refractivity contribution in [2.24, 2.45) is 0 Å². The number of esters is 1. The first-order valence-electron chi connectivity index (χ1n) is 7.81. The first-order chi connectivity index (χ1) is 12.1. The fourth-order valence-corrected chi connectivity index (χ4v) is 2.26. The molecule has 5 heteroatoms. The number of hydrogen-bond acceptors (Lipinski definition) is 5. The third-order valence-electron chi connectivity index (χ3n) is 3.46. The van der Waals surface area contributed by atoms with E-state index in [-0.39, 0.29) is 18.0 Å². The molecule has 0 aliphatic rings. The molecule has 1 N–H and O–H groups in total. The van der Waals surface area contributed by atoms with Crippen LogP contribution in [0.15, 0.2) is 65.9 Å². The highest BCUT2D eigenvalue weighted by Gasteiger charge is 2.14. The molecule has 126 valence electrons. The van der Waals surface area contributed by atoms with Crippen LogP contribution < -0.4 is 5.32 Å². The van der Waals surface area contributed by atoms with Crippen LogP contribution in [0.2, 0.25) is 0 Å². The number of ketones is 1. The second-order valence-electron chi connectivity index (χ2n) is 5.23. The maximum absolute atomic E-state index is 12.5. The lowest BCUT2D eigenvalue weighted by Crippen LogP contribution is -2.11. The average Bonchev–Trinajstić information content (AvgIpc) is 2.63. The summed E-state index contributed by atoms with van der Waals surface area (Å²) in [5.41, 5.74) is 1.98. The minimum Gasteiger partial charge on any atom is -0.462 e. The molecule has 2 rings (SSSR count). The molecule has 0 fully saturated rings. The van der Waals surface area contributed by atoms with Gasteiger partial charge in [0, 0.05) is 22.5 Å². The van der Waals surface area contributed by atoms with E-state index >= 15 is 0 Å². The molecule has 0 saturated carbocycles. The normalized spacial score (nSPS) is 11.1. The number of nitriles is 1. The third kappa shape index (κ3) is 4.55. The van der Waals surface area contributed by atoms with Gasteiger partial charge in [0.1, 0.15) is 6.07 Å². The second-order valence-corrected chi connectivity index (χ2v) is 5.23. The molecule has 25 heavy (non-hydrogen) atoms. The number of carbonyl (C=O) groups is 2. The van der Waals surface area contributed by atoms with Crippen molar-refractivity contribution in [3.05, 3.63) is 77.0 Å². The van der Waals surface area contributed by atoms with Gasteiger partial charge in [-0.3, -0.25) is 4.79 Å². The Bertz CT molecular complexity index is 849. The molecule has 0 spiro atoms. The molecular formula is C20H18N2O3. The first-order valence-corrected chi connectivity index (χ1v) is 7.81. The van der Waals surface area contributed by atoms with Crippen LogP contribution in [0.25, 0.3) is 0 Å². The fraction of sp³-hybridized carbons (Fsp3) is 0.150. The van der Waals surface area contributed by atoms with E-state index in [1.807, 2.05) is 12.1 Å². The molecular weight excluding hydrogens is 316 g/mol. The van der Waals surface area contributed by atoms with Crippen LogP contribution in [0.4, 0.5) is 5.69 Å². The van der Waals surface area contributed by atoms with Crippen molar-refractivity contribution in [1.29, 1.82) is 5.26 Å². The van der Waals surface area contributed by atoms with E-state index in [2.05, 4.69) is 5.32 Å². The molecule has 0 saturated heterocycles. The Morgan fingerprint density at radius 3 is 2.40 bits per heavy atom. The summed E-state index contributed by atoms with van der Waals surface area (Å²) in [6.07, 6.45) is 0. The van der Waals surface area contributed by atoms with Crippen molar-refractivity contribution in [2.75, 3.05) is 11.9 Å². The number of ether oxygens (including phenoxy) is 1. The molecule has 0 aliphatic heterocycles. The van der Waals surface area contributed by atoms with Crippen LogP contribution in [0, 0.1) is 11.3 Å². The molecule has 0 atom stereocenters. The van der Waals surface area contributed by atoms with Gasteiger partial charge in [0.05, 0.1) is 6.61 Å². The number of nitrogens with one attached hydrogen (secondary N) is 1. The number of allylic oxidation sites excluding steroid dienone is 1. The van der Waals surface area contributed by atoms with Crippen LogP contribution in [-0.4, -0.2) is 18.4 Å². The van der Waals surface area contributed by atoms with Crippen molar-refractivity contribution >= 4 is 17.4 Å². The van der Waals surface area contributed by atoms with Crippen molar-refractivity contribution in [3.63, 3.8) is 0 Å². The van der Waals surface area contributed by atoms with E-state index in [0.29, 0.717) is 22.5 Å².